The summed E-state index contributed by atoms with van der Waals surface area (Å²) in [7, 11) is 3.56. The summed E-state index contributed by atoms with van der Waals surface area (Å²) < 4.78 is 6.29. The highest BCUT2D eigenvalue weighted by atomic mass is 79.9. The molecule has 144 valence electrons. The Bertz CT molecular complexity index is 746. The highest BCUT2D eigenvalue weighted by Crippen LogP contribution is 2.22. The van der Waals surface area contributed by atoms with E-state index >= 15 is 0 Å². The van der Waals surface area contributed by atoms with Gasteiger partial charge in [0, 0.05) is 31.2 Å². The van der Waals surface area contributed by atoms with Crippen molar-refractivity contribution in [2.75, 3.05) is 27.2 Å². The number of nitrogens with zero attached hydrogens (tertiary/aromatic N) is 2. The van der Waals surface area contributed by atoms with Crippen LogP contribution < -0.4 is 4.74 Å². The number of carbonyl (C=O) groups is 1. The van der Waals surface area contributed by atoms with Gasteiger partial charge in [0.25, 0.3) is 0 Å². The number of amides is 1. The first-order valence-corrected chi connectivity index (χ1v) is 10.2. The molecule has 4 nitrogen and oxygen atoms in total. The number of hydrogen-bond acceptors (Lipinski definition) is 3. The Hall–Kier alpha value is -1.85. The number of carbonyl (C=O) groups excluding carboxylic acids is 1. The Morgan fingerprint density at radius 3 is 2.48 bits per heavy atom. The maximum Gasteiger partial charge on any atom is 0.227 e. The summed E-state index contributed by atoms with van der Waals surface area (Å²) in [5.74, 6) is 1.16. The van der Waals surface area contributed by atoms with Crippen molar-refractivity contribution in [3.05, 3.63) is 64.1 Å². The molecular weight excluding hydrogens is 404 g/mol. The fourth-order valence-corrected chi connectivity index (χ4v) is 3.91. The maximum absolute atomic E-state index is 12.9. The Balaban J connectivity index is 1.55. The topological polar surface area (TPSA) is 32.8 Å². The number of rotatable bonds is 6. The molecule has 1 amide bonds. The van der Waals surface area contributed by atoms with Crippen molar-refractivity contribution in [2.45, 2.75) is 25.9 Å². The van der Waals surface area contributed by atoms with Crippen LogP contribution in [0.2, 0.25) is 0 Å². The van der Waals surface area contributed by atoms with Crippen molar-refractivity contribution < 1.29 is 9.53 Å². The van der Waals surface area contributed by atoms with Gasteiger partial charge in [-0.1, -0.05) is 40.2 Å². The van der Waals surface area contributed by atoms with Crippen LogP contribution in [0.5, 0.6) is 5.75 Å². The summed E-state index contributed by atoms with van der Waals surface area (Å²) in [6.07, 6.45) is 2.05. The quantitative estimate of drug-likeness (QED) is 0.683. The van der Waals surface area contributed by atoms with Crippen LogP contribution in [0, 0.1) is 5.92 Å². The van der Waals surface area contributed by atoms with E-state index in [1.165, 1.54) is 5.56 Å². The maximum atomic E-state index is 12.9. The summed E-state index contributed by atoms with van der Waals surface area (Å²) in [5.41, 5.74) is 2.41. The van der Waals surface area contributed by atoms with Crippen LogP contribution in [0.15, 0.2) is 53.0 Å². The summed E-state index contributed by atoms with van der Waals surface area (Å²) >= 11 is 3.48. The van der Waals surface area contributed by atoms with Crippen LogP contribution in [0.25, 0.3) is 0 Å². The molecule has 1 fully saturated rings. The molecule has 5 heteroatoms. The standard InChI is InChI=1S/C22H27BrN2O2/c1-24(14-17-7-11-21(27-2)12-8-17)22(26)19-4-3-13-25(16-19)15-18-5-9-20(23)10-6-18/h5-12,19H,3-4,13-16H2,1-2H3. The van der Waals surface area contributed by atoms with Crippen LogP contribution in [0.3, 0.4) is 0 Å². The molecule has 0 spiro atoms. The van der Waals surface area contributed by atoms with E-state index in [1.54, 1.807) is 7.11 Å². The summed E-state index contributed by atoms with van der Waals surface area (Å²) in [6, 6.07) is 16.3. The molecule has 1 atom stereocenters. The van der Waals surface area contributed by atoms with Gasteiger partial charge in [-0.2, -0.15) is 0 Å². The molecule has 1 aliphatic heterocycles. The zero-order valence-electron chi connectivity index (χ0n) is 16.0. The molecule has 27 heavy (non-hydrogen) atoms. The normalized spacial score (nSPS) is 17.5. The number of likely N-dealkylation sites (tertiary alicyclic amines) is 1. The van der Waals surface area contributed by atoms with Crippen LogP contribution >= 0.6 is 15.9 Å². The van der Waals surface area contributed by atoms with E-state index in [-0.39, 0.29) is 11.8 Å². The van der Waals surface area contributed by atoms with Gasteiger partial charge in [0.2, 0.25) is 5.91 Å². The molecule has 1 aliphatic rings. The van der Waals surface area contributed by atoms with Crippen LogP contribution in [0.1, 0.15) is 24.0 Å². The fraction of sp³-hybridized carbons (Fsp3) is 0.409. The predicted octanol–water partition coefficient (Wildman–Crippen LogP) is 4.33. The first-order chi connectivity index (χ1) is 13.0. The number of piperidine rings is 1. The fourth-order valence-electron chi connectivity index (χ4n) is 3.64. The van der Waals surface area contributed by atoms with Gasteiger partial charge in [0.1, 0.15) is 5.75 Å². The van der Waals surface area contributed by atoms with Crippen molar-refractivity contribution in [3.8, 4) is 5.75 Å². The average molecular weight is 431 g/mol. The molecule has 2 aromatic rings. The second kappa shape index (κ2) is 9.38. The third-order valence-electron chi connectivity index (χ3n) is 5.13. The van der Waals surface area contributed by atoms with Crippen molar-refractivity contribution in [2.24, 2.45) is 5.92 Å². The van der Waals surface area contributed by atoms with E-state index in [4.69, 9.17) is 4.74 Å². The Morgan fingerprint density at radius 1 is 1.15 bits per heavy atom. The molecule has 1 unspecified atom stereocenters. The van der Waals surface area contributed by atoms with Crippen molar-refractivity contribution >= 4 is 21.8 Å². The lowest BCUT2D eigenvalue weighted by Crippen LogP contribution is -2.43. The monoisotopic (exact) mass is 430 g/mol. The van der Waals surface area contributed by atoms with E-state index in [0.717, 1.165) is 48.3 Å². The van der Waals surface area contributed by atoms with Crippen molar-refractivity contribution in [1.82, 2.24) is 9.80 Å². The van der Waals surface area contributed by atoms with Crippen molar-refractivity contribution in [3.63, 3.8) is 0 Å². The average Bonchev–Trinajstić information content (AvgIpc) is 2.70. The zero-order chi connectivity index (χ0) is 19.2. The van der Waals surface area contributed by atoms with E-state index in [0.29, 0.717) is 6.54 Å². The van der Waals surface area contributed by atoms with Gasteiger partial charge in [0.15, 0.2) is 0 Å². The molecule has 0 aromatic heterocycles. The number of ether oxygens (including phenoxy) is 1. The first-order valence-electron chi connectivity index (χ1n) is 9.40. The SMILES string of the molecule is COc1ccc(CN(C)C(=O)C2CCCN(Cc3ccc(Br)cc3)C2)cc1. The molecule has 0 radical (unpaired) electrons. The second-order valence-corrected chi connectivity index (χ2v) is 8.16. The van der Waals surface area contributed by atoms with Gasteiger partial charge in [-0.05, 0) is 54.8 Å². The molecule has 0 N–H and O–H groups in total. The van der Waals surface area contributed by atoms with Gasteiger partial charge in [-0.15, -0.1) is 0 Å². The smallest absolute Gasteiger partial charge is 0.227 e. The van der Waals surface area contributed by atoms with Gasteiger partial charge in [-0.3, -0.25) is 9.69 Å². The molecule has 1 heterocycles. The third kappa shape index (κ3) is 5.56. The van der Waals surface area contributed by atoms with Crippen LogP contribution in [0.4, 0.5) is 0 Å². The Labute approximate surface area is 170 Å². The molecule has 0 aliphatic carbocycles. The summed E-state index contributed by atoms with van der Waals surface area (Å²) in [5, 5.41) is 0. The van der Waals surface area contributed by atoms with Gasteiger partial charge in [0.05, 0.1) is 13.0 Å². The highest BCUT2D eigenvalue weighted by molar-refractivity contribution is 9.10. The van der Waals surface area contributed by atoms with Gasteiger partial charge in [-0.25, -0.2) is 0 Å². The number of halogens is 1. The van der Waals surface area contributed by atoms with E-state index in [2.05, 4.69) is 45.1 Å². The minimum atomic E-state index is 0.0810. The molecule has 0 bridgehead atoms. The summed E-state index contributed by atoms with van der Waals surface area (Å²) in [6.45, 7) is 3.43. The molecule has 3 rings (SSSR count). The zero-order valence-corrected chi connectivity index (χ0v) is 17.6. The molecule has 2 aromatic carbocycles. The Morgan fingerprint density at radius 2 is 1.81 bits per heavy atom. The molecular formula is C22H27BrN2O2. The van der Waals surface area contributed by atoms with Crippen molar-refractivity contribution in [1.29, 1.82) is 0 Å². The summed E-state index contributed by atoms with van der Waals surface area (Å²) in [4.78, 5) is 17.2. The third-order valence-corrected chi connectivity index (χ3v) is 5.66. The minimum absolute atomic E-state index is 0.0810. The highest BCUT2D eigenvalue weighted by Gasteiger charge is 2.28. The minimum Gasteiger partial charge on any atom is -0.497 e. The Kier molecular flexibility index (Phi) is 6.91. The molecule has 1 saturated heterocycles. The predicted molar refractivity (Wildman–Crippen MR) is 112 cm³/mol. The lowest BCUT2D eigenvalue weighted by molar-refractivity contribution is -0.136. The van der Waals surface area contributed by atoms with Gasteiger partial charge >= 0.3 is 0 Å². The van der Waals surface area contributed by atoms with E-state index in [9.17, 15) is 4.79 Å². The number of benzene rings is 2. The van der Waals surface area contributed by atoms with Crippen LogP contribution in [-0.2, 0) is 17.9 Å². The lowest BCUT2D eigenvalue weighted by Gasteiger charge is -2.34. The van der Waals surface area contributed by atoms with E-state index < -0.39 is 0 Å². The first kappa shape index (κ1) is 19.9. The number of methoxy groups -OCH3 is 1. The lowest BCUT2D eigenvalue weighted by atomic mass is 9.96. The van der Waals surface area contributed by atoms with Gasteiger partial charge < -0.3 is 9.64 Å². The van der Waals surface area contributed by atoms with Crippen LogP contribution in [-0.4, -0.2) is 43.0 Å². The van der Waals surface area contributed by atoms with E-state index in [1.807, 2.05) is 36.2 Å². The largest absolute Gasteiger partial charge is 0.497 e. The molecule has 0 saturated carbocycles. The second-order valence-electron chi connectivity index (χ2n) is 7.24. The number of hydrogen-bond donors (Lipinski definition) is 0.